The van der Waals surface area contributed by atoms with Crippen molar-refractivity contribution in [2.45, 2.75) is 13.3 Å². The second-order valence-electron chi connectivity index (χ2n) is 6.31. The number of benzene rings is 2. The smallest absolute Gasteiger partial charge is 0.292 e. The minimum absolute atomic E-state index is 0.141. The first kappa shape index (κ1) is 17.7. The fourth-order valence-electron chi connectivity index (χ4n) is 3.20. The van der Waals surface area contributed by atoms with E-state index >= 15 is 0 Å². The molecule has 2 aromatic carbocycles. The molecule has 1 N–H and O–H groups in total. The SMILES string of the molecule is CCc1oc2ccccc2c1/C=N\NC(=O)c1nn(C)c(=O)c2ccccc12. The molecular weight excluding hydrogens is 356 g/mol. The molecule has 0 aliphatic rings. The number of hydrogen-bond donors (Lipinski definition) is 1. The molecule has 0 saturated heterocycles. The zero-order chi connectivity index (χ0) is 19.7. The van der Waals surface area contributed by atoms with Crippen molar-refractivity contribution >= 4 is 33.9 Å². The maximum atomic E-state index is 12.6. The molecule has 1 amide bonds. The van der Waals surface area contributed by atoms with Crippen LogP contribution in [0.25, 0.3) is 21.7 Å². The molecule has 7 nitrogen and oxygen atoms in total. The van der Waals surface area contributed by atoms with Crippen molar-refractivity contribution in [2.24, 2.45) is 12.1 Å². The van der Waals surface area contributed by atoms with Gasteiger partial charge in [0, 0.05) is 29.8 Å². The van der Waals surface area contributed by atoms with E-state index in [0.717, 1.165) is 27.0 Å². The summed E-state index contributed by atoms with van der Waals surface area (Å²) in [5.74, 6) is 0.304. The molecule has 4 aromatic rings. The van der Waals surface area contributed by atoms with Gasteiger partial charge in [-0.05, 0) is 12.1 Å². The van der Waals surface area contributed by atoms with E-state index in [9.17, 15) is 9.59 Å². The number of nitrogens with one attached hydrogen (secondary N) is 1. The Morgan fingerprint density at radius 1 is 1.14 bits per heavy atom. The third kappa shape index (κ3) is 2.96. The van der Waals surface area contributed by atoms with Crippen LogP contribution in [0.2, 0.25) is 0 Å². The molecule has 140 valence electrons. The molecule has 0 aliphatic carbocycles. The summed E-state index contributed by atoms with van der Waals surface area (Å²) in [6.45, 7) is 1.99. The lowest BCUT2D eigenvalue weighted by Crippen LogP contribution is -2.27. The van der Waals surface area contributed by atoms with Crippen LogP contribution >= 0.6 is 0 Å². The standard InChI is InChI=1S/C21H18N4O3/c1-3-17-16(13-8-6-7-11-18(13)28-17)12-22-23-20(26)19-14-9-4-5-10-15(14)21(27)25(2)24-19/h4-12H,3H2,1-2H3,(H,23,26)/b22-12-. The number of hydrogen-bond acceptors (Lipinski definition) is 5. The molecule has 0 atom stereocenters. The normalized spacial score (nSPS) is 11.5. The van der Waals surface area contributed by atoms with Crippen LogP contribution in [0.4, 0.5) is 0 Å². The zero-order valence-corrected chi connectivity index (χ0v) is 15.5. The van der Waals surface area contributed by atoms with E-state index in [-0.39, 0.29) is 11.3 Å². The van der Waals surface area contributed by atoms with Gasteiger partial charge in [0.15, 0.2) is 5.69 Å². The Balaban J connectivity index is 1.67. The number of carbonyl (C=O) groups excluding carboxylic acids is 1. The first-order valence-electron chi connectivity index (χ1n) is 8.90. The van der Waals surface area contributed by atoms with Crippen molar-refractivity contribution in [3.8, 4) is 0 Å². The molecule has 7 heteroatoms. The predicted octanol–water partition coefficient (Wildman–Crippen LogP) is 3.01. The van der Waals surface area contributed by atoms with Crippen LogP contribution in [0.5, 0.6) is 0 Å². The van der Waals surface area contributed by atoms with E-state index in [0.29, 0.717) is 17.2 Å². The lowest BCUT2D eigenvalue weighted by Gasteiger charge is -2.06. The highest BCUT2D eigenvalue weighted by atomic mass is 16.3. The Hall–Kier alpha value is -3.74. The Bertz CT molecular complexity index is 1280. The van der Waals surface area contributed by atoms with Gasteiger partial charge in [-0.1, -0.05) is 43.3 Å². The Morgan fingerprint density at radius 2 is 1.82 bits per heavy atom. The van der Waals surface area contributed by atoms with E-state index < -0.39 is 5.91 Å². The molecule has 0 radical (unpaired) electrons. The Kier molecular flexibility index (Phi) is 4.49. The number of nitrogens with zero attached hydrogens (tertiary/aromatic N) is 3. The van der Waals surface area contributed by atoms with Gasteiger partial charge in [-0.15, -0.1) is 0 Å². The van der Waals surface area contributed by atoms with Crippen LogP contribution in [-0.2, 0) is 13.5 Å². The maximum absolute atomic E-state index is 12.6. The summed E-state index contributed by atoms with van der Waals surface area (Å²) in [6.07, 6.45) is 2.28. The second kappa shape index (κ2) is 7.11. The van der Waals surface area contributed by atoms with E-state index in [2.05, 4.69) is 15.6 Å². The van der Waals surface area contributed by atoms with Crippen LogP contribution < -0.4 is 11.0 Å². The van der Waals surface area contributed by atoms with Crippen LogP contribution in [0.3, 0.4) is 0 Å². The molecule has 0 saturated carbocycles. The zero-order valence-electron chi connectivity index (χ0n) is 15.5. The topological polar surface area (TPSA) is 89.5 Å². The summed E-state index contributed by atoms with van der Waals surface area (Å²) in [6, 6.07) is 14.5. The highest BCUT2D eigenvalue weighted by Gasteiger charge is 2.15. The summed E-state index contributed by atoms with van der Waals surface area (Å²) >= 11 is 0. The van der Waals surface area contributed by atoms with Gasteiger partial charge < -0.3 is 4.42 Å². The molecule has 4 rings (SSSR count). The number of rotatable bonds is 4. The largest absolute Gasteiger partial charge is 0.460 e. The second-order valence-corrected chi connectivity index (χ2v) is 6.31. The molecule has 0 spiro atoms. The first-order valence-corrected chi connectivity index (χ1v) is 8.90. The first-order chi connectivity index (χ1) is 13.6. The summed E-state index contributed by atoms with van der Waals surface area (Å²) in [5.41, 5.74) is 3.99. The summed E-state index contributed by atoms with van der Waals surface area (Å²) in [4.78, 5) is 24.8. The lowest BCUT2D eigenvalue weighted by molar-refractivity contribution is 0.0950. The molecule has 2 aromatic heterocycles. The number of carbonyl (C=O) groups is 1. The van der Waals surface area contributed by atoms with Crippen molar-refractivity contribution in [2.75, 3.05) is 0 Å². The quantitative estimate of drug-likeness (QED) is 0.439. The summed E-state index contributed by atoms with van der Waals surface area (Å²) < 4.78 is 6.98. The van der Waals surface area contributed by atoms with E-state index in [1.807, 2.05) is 31.2 Å². The molecule has 0 aliphatic heterocycles. The number of hydrazone groups is 1. The monoisotopic (exact) mass is 374 g/mol. The van der Waals surface area contributed by atoms with E-state index in [1.165, 1.54) is 7.05 Å². The number of furan rings is 1. The average Bonchev–Trinajstić information content (AvgIpc) is 3.08. The molecule has 28 heavy (non-hydrogen) atoms. The van der Waals surface area contributed by atoms with Crippen LogP contribution in [0, 0.1) is 0 Å². The van der Waals surface area contributed by atoms with Gasteiger partial charge in [-0.25, -0.2) is 10.1 Å². The molecule has 2 heterocycles. The average molecular weight is 374 g/mol. The minimum atomic E-state index is -0.492. The third-order valence-electron chi connectivity index (χ3n) is 4.56. The molecule has 0 unspecified atom stereocenters. The molecule has 0 fully saturated rings. The van der Waals surface area contributed by atoms with E-state index in [4.69, 9.17) is 4.42 Å². The van der Waals surface area contributed by atoms with Crippen molar-refractivity contribution in [1.82, 2.24) is 15.2 Å². The lowest BCUT2D eigenvalue weighted by atomic mass is 10.1. The summed E-state index contributed by atoms with van der Waals surface area (Å²) in [5, 5.41) is 10.0. The number of amides is 1. The van der Waals surface area contributed by atoms with Crippen molar-refractivity contribution < 1.29 is 9.21 Å². The highest BCUT2D eigenvalue weighted by molar-refractivity contribution is 6.05. The fraction of sp³-hybridized carbons (Fsp3) is 0.143. The fourth-order valence-corrected chi connectivity index (χ4v) is 3.20. The van der Waals surface area contributed by atoms with Gasteiger partial charge in [0.05, 0.1) is 11.6 Å². The van der Waals surface area contributed by atoms with Crippen LogP contribution in [0.15, 0.2) is 62.8 Å². The Morgan fingerprint density at radius 3 is 2.57 bits per heavy atom. The Labute approximate surface area is 160 Å². The van der Waals surface area contributed by atoms with Gasteiger partial charge in [0.2, 0.25) is 0 Å². The number of para-hydroxylation sites is 1. The maximum Gasteiger partial charge on any atom is 0.292 e. The molecule has 0 bridgehead atoms. The van der Waals surface area contributed by atoms with Gasteiger partial charge in [0.25, 0.3) is 11.5 Å². The third-order valence-corrected chi connectivity index (χ3v) is 4.56. The predicted molar refractivity (Wildman–Crippen MR) is 108 cm³/mol. The van der Waals surface area contributed by atoms with Crippen LogP contribution in [0.1, 0.15) is 28.7 Å². The van der Waals surface area contributed by atoms with Gasteiger partial charge in [-0.3, -0.25) is 9.59 Å². The van der Waals surface area contributed by atoms with Crippen molar-refractivity contribution in [3.63, 3.8) is 0 Å². The van der Waals surface area contributed by atoms with Crippen LogP contribution in [-0.4, -0.2) is 21.9 Å². The van der Waals surface area contributed by atoms with Gasteiger partial charge in [0.1, 0.15) is 11.3 Å². The van der Waals surface area contributed by atoms with Gasteiger partial charge in [-0.2, -0.15) is 10.2 Å². The minimum Gasteiger partial charge on any atom is -0.460 e. The number of fused-ring (bicyclic) bond motifs is 2. The molecular formula is C21H18N4O3. The van der Waals surface area contributed by atoms with Crippen molar-refractivity contribution in [3.05, 3.63) is 75.9 Å². The number of aromatic nitrogens is 2. The number of aryl methyl sites for hydroxylation is 2. The highest BCUT2D eigenvalue weighted by Crippen LogP contribution is 2.24. The van der Waals surface area contributed by atoms with E-state index in [1.54, 1.807) is 30.5 Å². The van der Waals surface area contributed by atoms with Crippen molar-refractivity contribution in [1.29, 1.82) is 0 Å². The summed E-state index contributed by atoms with van der Waals surface area (Å²) in [7, 11) is 1.51. The van der Waals surface area contributed by atoms with Gasteiger partial charge >= 0.3 is 0 Å².